The van der Waals surface area contributed by atoms with Crippen LogP contribution in [-0.2, 0) is 20.7 Å². The summed E-state index contributed by atoms with van der Waals surface area (Å²) in [5, 5.41) is 9.38. The highest BCUT2D eigenvalue weighted by molar-refractivity contribution is 5.84. The van der Waals surface area contributed by atoms with Crippen LogP contribution in [0.1, 0.15) is 63.1 Å². The lowest BCUT2D eigenvalue weighted by molar-refractivity contribution is -0.155. The van der Waals surface area contributed by atoms with E-state index in [0.29, 0.717) is 31.3 Å². The highest BCUT2D eigenvalue weighted by Gasteiger charge is 2.52. The number of carbonyl (C=O) groups excluding carboxylic acids is 1. The third-order valence-corrected chi connectivity index (χ3v) is 7.80. The van der Waals surface area contributed by atoms with E-state index in [-0.39, 0.29) is 24.3 Å². The van der Waals surface area contributed by atoms with Crippen LogP contribution in [0.25, 0.3) is 0 Å². The maximum absolute atomic E-state index is 12.5. The molecule has 2 aliphatic heterocycles. The Balaban J connectivity index is 1.50. The minimum atomic E-state index is -0.881. The van der Waals surface area contributed by atoms with Gasteiger partial charge in [-0.05, 0) is 73.1 Å². The van der Waals surface area contributed by atoms with Gasteiger partial charge < -0.3 is 19.3 Å². The zero-order valence-electron chi connectivity index (χ0n) is 20.3. The number of benzene rings is 1. The van der Waals surface area contributed by atoms with Crippen molar-refractivity contribution >= 4 is 11.9 Å². The summed E-state index contributed by atoms with van der Waals surface area (Å²) < 4.78 is 16.8. The van der Waals surface area contributed by atoms with Crippen LogP contribution in [0, 0.1) is 23.2 Å². The van der Waals surface area contributed by atoms with Gasteiger partial charge in [-0.3, -0.25) is 14.5 Å². The topological polar surface area (TPSA) is 85.3 Å². The van der Waals surface area contributed by atoms with Gasteiger partial charge in [0.2, 0.25) is 0 Å². The lowest BCUT2D eigenvalue weighted by atomic mass is 9.74. The average Bonchev–Trinajstić information content (AvgIpc) is 3.57. The summed E-state index contributed by atoms with van der Waals surface area (Å²) in [6.07, 6.45) is 4.10. The van der Waals surface area contributed by atoms with Gasteiger partial charge in [0, 0.05) is 19.1 Å². The lowest BCUT2D eigenvalue weighted by Gasteiger charge is -2.47. The monoisotopic (exact) mass is 459 g/mol. The van der Waals surface area contributed by atoms with E-state index < -0.39 is 11.4 Å². The van der Waals surface area contributed by atoms with Crippen LogP contribution in [-0.4, -0.2) is 55.9 Å². The van der Waals surface area contributed by atoms with Crippen LogP contribution in [0.5, 0.6) is 11.5 Å². The molecule has 1 aromatic rings. The van der Waals surface area contributed by atoms with Crippen molar-refractivity contribution in [3.63, 3.8) is 0 Å². The highest BCUT2D eigenvalue weighted by Crippen LogP contribution is 2.49. The van der Waals surface area contributed by atoms with Crippen LogP contribution in [0.3, 0.4) is 0 Å². The Morgan fingerprint density at radius 2 is 1.85 bits per heavy atom. The molecule has 7 nitrogen and oxygen atoms in total. The summed E-state index contributed by atoms with van der Waals surface area (Å²) in [5.74, 6) is 1.50. The van der Waals surface area contributed by atoms with Crippen LogP contribution in [0.2, 0.25) is 0 Å². The Labute approximate surface area is 196 Å². The molecular weight excluding hydrogens is 422 g/mol. The molecule has 1 saturated heterocycles. The second-order valence-electron chi connectivity index (χ2n) is 10.5. The Morgan fingerprint density at radius 1 is 1.15 bits per heavy atom. The smallest absolute Gasteiger partial charge is 0.310 e. The fraction of sp³-hybridized carbons (Fsp3) is 0.692. The first-order chi connectivity index (χ1) is 15.8. The number of nitrogens with zero attached hydrogens (tertiary/aromatic N) is 1. The molecule has 0 spiro atoms. The molecule has 0 unspecified atom stereocenters. The standard InChI is InChI=1S/C26H37NO6/c1-16(2)9-18-14-27-8-5-17-11-22(31-3)23(32-4)12-20(17)21(27)10-19(18)15-33-24(28)13-26(6-7-26)25(29)30/h11-12,16,18-19,21H,5-10,13-15H2,1-4H3,(H,29,30)/t18-,19+,21-/m1/s1. The summed E-state index contributed by atoms with van der Waals surface area (Å²) >= 11 is 0. The summed E-state index contributed by atoms with van der Waals surface area (Å²) in [4.78, 5) is 26.5. The molecule has 0 aromatic heterocycles. The number of rotatable bonds is 9. The normalized spacial score (nSPS) is 25.7. The SMILES string of the molecule is COc1cc2c(cc1OC)[C@H]1C[C@@H](COC(=O)CC3(C(=O)O)CC3)[C@H](CC(C)C)CN1CC2. The molecule has 182 valence electrons. The maximum atomic E-state index is 12.5. The first-order valence-corrected chi connectivity index (χ1v) is 12.1. The van der Waals surface area contributed by atoms with Crippen molar-refractivity contribution in [1.29, 1.82) is 0 Å². The number of fused-ring (bicyclic) bond motifs is 3. The summed E-state index contributed by atoms with van der Waals surface area (Å²) in [6.45, 7) is 6.83. The van der Waals surface area contributed by atoms with E-state index in [1.807, 2.05) is 0 Å². The van der Waals surface area contributed by atoms with E-state index in [4.69, 9.17) is 14.2 Å². The number of hydrogen-bond donors (Lipinski definition) is 1. The summed E-state index contributed by atoms with van der Waals surface area (Å²) in [6, 6.07) is 4.47. The van der Waals surface area contributed by atoms with Crippen LogP contribution in [0.15, 0.2) is 12.1 Å². The largest absolute Gasteiger partial charge is 0.493 e. The number of piperidine rings is 1. The predicted octanol–water partition coefficient (Wildman–Crippen LogP) is 4.08. The molecule has 4 rings (SSSR count). The number of esters is 1. The highest BCUT2D eigenvalue weighted by atomic mass is 16.5. The van der Waals surface area contributed by atoms with Gasteiger partial charge in [-0.25, -0.2) is 0 Å². The Hall–Kier alpha value is -2.28. The Kier molecular flexibility index (Phi) is 6.89. The Morgan fingerprint density at radius 3 is 2.45 bits per heavy atom. The number of carbonyl (C=O) groups is 2. The zero-order valence-corrected chi connectivity index (χ0v) is 20.3. The third kappa shape index (κ3) is 4.98. The molecule has 1 aromatic carbocycles. The number of hydrogen-bond acceptors (Lipinski definition) is 6. The number of ether oxygens (including phenoxy) is 3. The molecule has 7 heteroatoms. The van der Waals surface area contributed by atoms with Gasteiger partial charge in [-0.15, -0.1) is 0 Å². The first-order valence-electron chi connectivity index (χ1n) is 12.1. The van der Waals surface area contributed by atoms with Gasteiger partial charge in [-0.1, -0.05) is 13.8 Å². The average molecular weight is 460 g/mol. The second-order valence-corrected chi connectivity index (χ2v) is 10.5. The van der Waals surface area contributed by atoms with Crippen molar-refractivity contribution in [1.82, 2.24) is 4.90 Å². The molecule has 0 amide bonds. The predicted molar refractivity (Wildman–Crippen MR) is 123 cm³/mol. The molecule has 3 atom stereocenters. The first kappa shape index (κ1) is 23.9. The van der Waals surface area contributed by atoms with Crippen molar-refractivity contribution < 1.29 is 28.9 Å². The lowest BCUT2D eigenvalue weighted by Crippen LogP contribution is -2.47. The minimum absolute atomic E-state index is 0.0146. The van der Waals surface area contributed by atoms with Gasteiger partial charge in [0.1, 0.15) is 0 Å². The molecule has 2 heterocycles. The van der Waals surface area contributed by atoms with Gasteiger partial charge in [0.15, 0.2) is 11.5 Å². The van der Waals surface area contributed by atoms with Crippen molar-refractivity contribution in [2.45, 2.75) is 58.4 Å². The van der Waals surface area contributed by atoms with Crippen LogP contribution >= 0.6 is 0 Å². The second kappa shape index (κ2) is 9.53. The minimum Gasteiger partial charge on any atom is -0.493 e. The van der Waals surface area contributed by atoms with E-state index >= 15 is 0 Å². The Bertz CT molecular complexity index is 893. The molecular formula is C26H37NO6. The molecule has 33 heavy (non-hydrogen) atoms. The van der Waals surface area contributed by atoms with E-state index in [9.17, 15) is 14.7 Å². The van der Waals surface area contributed by atoms with E-state index in [1.165, 1.54) is 11.1 Å². The number of carboxylic acids is 1. The van der Waals surface area contributed by atoms with Crippen LogP contribution in [0.4, 0.5) is 0 Å². The number of aliphatic carboxylic acids is 1. The van der Waals surface area contributed by atoms with Gasteiger partial charge in [-0.2, -0.15) is 0 Å². The van der Waals surface area contributed by atoms with E-state index in [2.05, 4.69) is 30.9 Å². The molecule has 2 fully saturated rings. The van der Waals surface area contributed by atoms with E-state index in [0.717, 1.165) is 43.9 Å². The molecule has 1 aliphatic carbocycles. The maximum Gasteiger partial charge on any atom is 0.310 e. The van der Waals surface area contributed by atoms with Crippen LogP contribution < -0.4 is 9.47 Å². The van der Waals surface area contributed by atoms with Crippen molar-refractivity contribution in [2.75, 3.05) is 33.9 Å². The fourth-order valence-electron chi connectivity index (χ4n) is 5.73. The third-order valence-electron chi connectivity index (χ3n) is 7.80. The number of methoxy groups -OCH3 is 2. The molecule has 1 saturated carbocycles. The summed E-state index contributed by atoms with van der Waals surface area (Å²) in [7, 11) is 3.33. The molecule has 3 aliphatic rings. The quantitative estimate of drug-likeness (QED) is 0.557. The van der Waals surface area contributed by atoms with Crippen molar-refractivity contribution in [3.8, 4) is 11.5 Å². The molecule has 1 N–H and O–H groups in total. The molecule has 0 bridgehead atoms. The van der Waals surface area contributed by atoms with E-state index in [1.54, 1.807) is 14.2 Å². The fourth-order valence-corrected chi connectivity index (χ4v) is 5.73. The molecule has 0 radical (unpaired) electrons. The summed E-state index contributed by atoms with van der Waals surface area (Å²) in [5.41, 5.74) is 1.69. The van der Waals surface area contributed by atoms with Gasteiger partial charge >= 0.3 is 11.9 Å². The zero-order chi connectivity index (χ0) is 23.8. The van der Waals surface area contributed by atoms with Gasteiger partial charge in [0.05, 0.1) is 32.7 Å². The van der Waals surface area contributed by atoms with Crippen molar-refractivity contribution in [2.24, 2.45) is 23.2 Å². The van der Waals surface area contributed by atoms with Gasteiger partial charge in [0.25, 0.3) is 0 Å². The number of carboxylic acid groups (broad SMARTS) is 1. The van der Waals surface area contributed by atoms with Crippen molar-refractivity contribution in [3.05, 3.63) is 23.3 Å².